The standard InChI is InChI=1S/C19H28FN5O2S2/c1-2-21-19(23-7-12-29(26,27)25-8-10-28-11-9-25)22-6-5-15-14-24-18-13-16(20)3-4-17(15)18/h3-4,13-14,24H,2,5-12H2,1H3,(H2,21,22,23). The molecule has 29 heavy (non-hydrogen) atoms. The number of guanidine groups is 1. The van der Waals surface area contributed by atoms with Crippen molar-refractivity contribution in [3.05, 3.63) is 35.8 Å². The molecule has 2 heterocycles. The third-order valence-corrected chi connectivity index (χ3v) is 7.54. The molecule has 2 aromatic rings. The Balaban J connectivity index is 1.52. The fraction of sp³-hybridized carbons (Fsp3) is 0.526. The average Bonchev–Trinajstić information content (AvgIpc) is 3.10. The Hall–Kier alpha value is -1.78. The van der Waals surface area contributed by atoms with E-state index in [-0.39, 0.29) is 18.1 Å². The monoisotopic (exact) mass is 441 g/mol. The van der Waals surface area contributed by atoms with E-state index in [0.717, 1.165) is 34.4 Å². The maximum Gasteiger partial charge on any atom is 0.215 e. The second-order valence-electron chi connectivity index (χ2n) is 6.77. The highest BCUT2D eigenvalue weighted by atomic mass is 32.2. The van der Waals surface area contributed by atoms with Crippen LogP contribution in [0.1, 0.15) is 12.5 Å². The molecule has 0 saturated carbocycles. The van der Waals surface area contributed by atoms with Gasteiger partial charge in [-0.3, -0.25) is 4.99 Å². The van der Waals surface area contributed by atoms with E-state index in [9.17, 15) is 12.8 Å². The number of hydrogen-bond acceptors (Lipinski definition) is 4. The van der Waals surface area contributed by atoms with E-state index in [0.29, 0.717) is 32.1 Å². The number of thioether (sulfide) groups is 1. The molecule has 0 aliphatic carbocycles. The molecule has 0 amide bonds. The number of rotatable bonds is 8. The maximum absolute atomic E-state index is 13.3. The van der Waals surface area contributed by atoms with Gasteiger partial charge >= 0.3 is 0 Å². The summed E-state index contributed by atoms with van der Waals surface area (Å²) in [7, 11) is -3.26. The first-order valence-corrected chi connectivity index (χ1v) is 12.6. The topological polar surface area (TPSA) is 89.6 Å². The summed E-state index contributed by atoms with van der Waals surface area (Å²) in [6.07, 6.45) is 2.62. The first-order chi connectivity index (χ1) is 14.0. The van der Waals surface area contributed by atoms with Crippen molar-refractivity contribution in [1.29, 1.82) is 0 Å². The Morgan fingerprint density at radius 3 is 2.86 bits per heavy atom. The summed E-state index contributed by atoms with van der Waals surface area (Å²) in [5, 5.41) is 7.38. The summed E-state index contributed by atoms with van der Waals surface area (Å²) < 4.78 is 39.7. The number of sulfonamides is 1. The number of fused-ring (bicyclic) bond motifs is 1. The van der Waals surface area contributed by atoms with Gasteiger partial charge in [0.2, 0.25) is 10.0 Å². The van der Waals surface area contributed by atoms with Gasteiger partial charge in [-0.25, -0.2) is 17.1 Å². The molecule has 1 fully saturated rings. The van der Waals surface area contributed by atoms with Crippen LogP contribution in [-0.4, -0.2) is 73.6 Å². The van der Waals surface area contributed by atoms with Crippen LogP contribution in [0.3, 0.4) is 0 Å². The van der Waals surface area contributed by atoms with Gasteiger partial charge < -0.3 is 15.6 Å². The fourth-order valence-corrected chi connectivity index (χ4v) is 5.70. The number of H-pyrrole nitrogens is 1. The Kier molecular flexibility index (Phi) is 7.79. The number of aliphatic imine (C=N–C) groups is 1. The lowest BCUT2D eigenvalue weighted by atomic mass is 10.1. The molecule has 0 bridgehead atoms. The second kappa shape index (κ2) is 10.3. The molecule has 1 aromatic heterocycles. The van der Waals surface area contributed by atoms with Crippen LogP contribution in [0.2, 0.25) is 0 Å². The normalized spacial score (nSPS) is 16.3. The van der Waals surface area contributed by atoms with Gasteiger partial charge in [-0.05, 0) is 37.1 Å². The summed E-state index contributed by atoms with van der Waals surface area (Å²) in [6.45, 7) is 4.68. The van der Waals surface area contributed by atoms with Crippen molar-refractivity contribution in [2.45, 2.75) is 13.3 Å². The van der Waals surface area contributed by atoms with E-state index in [4.69, 9.17) is 0 Å². The van der Waals surface area contributed by atoms with E-state index in [2.05, 4.69) is 20.6 Å². The molecule has 7 nitrogen and oxygen atoms in total. The van der Waals surface area contributed by atoms with Gasteiger partial charge in [-0.2, -0.15) is 11.8 Å². The van der Waals surface area contributed by atoms with Gasteiger partial charge in [0.25, 0.3) is 0 Å². The maximum atomic E-state index is 13.3. The van der Waals surface area contributed by atoms with E-state index >= 15 is 0 Å². The first-order valence-electron chi connectivity index (χ1n) is 9.83. The predicted octanol–water partition coefficient (Wildman–Crippen LogP) is 1.78. The smallest absolute Gasteiger partial charge is 0.215 e. The summed E-state index contributed by atoms with van der Waals surface area (Å²) in [5.41, 5.74) is 1.87. The lowest BCUT2D eigenvalue weighted by molar-refractivity contribution is 0.444. The SMILES string of the molecule is CCNC(=NCCS(=O)(=O)N1CCSCC1)NCCc1c[nH]c2cc(F)ccc12. The third-order valence-electron chi connectivity index (χ3n) is 4.74. The number of nitrogens with zero attached hydrogens (tertiary/aromatic N) is 2. The number of aromatic amines is 1. The minimum atomic E-state index is -3.26. The van der Waals surface area contributed by atoms with Gasteiger partial charge in [-0.1, -0.05) is 0 Å². The largest absolute Gasteiger partial charge is 0.361 e. The molecule has 160 valence electrons. The summed E-state index contributed by atoms with van der Waals surface area (Å²) >= 11 is 1.78. The average molecular weight is 442 g/mol. The van der Waals surface area contributed by atoms with Crippen molar-refractivity contribution in [2.24, 2.45) is 4.99 Å². The van der Waals surface area contributed by atoms with Crippen LogP contribution in [-0.2, 0) is 16.4 Å². The number of aromatic nitrogens is 1. The molecular formula is C19H28FN5O2S2. The number of nitrogens with one attached hydrogen (secondary N) is 3. The van der Waals surface area contributed by atoms with Gasteiger partial charge in [0.1, 0.15) is 5.82 Å². The molecule has 0 radical (unpaired) electrons. The van der Waals surface area contributed by atoms with Gasteiger partial charge in [-0.15, -0.1) is 0 Å². The molecular weight excluding hydrogens is 413 g/mol. The zero-order valence-electron chi connectivity index (χ0n) is 16.6. The van der Waals surface area contributed by atoms with Crippen LogP contribution in [0.5, 0.6) is 0 Å². The van der Waals surface area contributed by atoms with Crippen LogP contribution in [0, 0.1) is 5.82 Å². The van der Waals surface area contributed by atoms with Gasteiger partial charge in [0, 0.05) is 54.8 Å². The molecule has 1 aromatic carbocycles. The van der Waals surface area contributed by atoms with E-state index < -0.39 is 10.0 Å². The van der Waals surface area contributed by atoms with Crippen molar-refractivity contribution in [3.63, 3.8) is 0 Å². The zero-order chi connectivity index (χ0) is 20.7. The van der Waals surface area contributed by atoms with Crippen molar-refractivity contribution in [1.82, 2.24) is 19.9 Å². The molecule has 1 saturated heterocycles. The number of hydrogen-bond donors (Lipinski definition) is 3. The Morgan fingerprint density at radius 2 is 2.10 bits per heavy atom. The Morgan fingerprint density at radius 1 is 1.31 bits per heavy atom. The van der Waals surface area contributed by atoms with Crippen LogP contribution in [0.4, 0.5) is 4.39 Å². The van der Waals surface area contributed by atoms with Crippen molar-refractivity contribution < 1.29 is 12.8 Å². The minimum absolute atomic E-state index is 0.0161. The first kappa shape index (κ1) is 21.9. The zero-order valence-corrected chi connectivity index (χ0v) is 18.2. The summed E-state index contributed by atoms with van der Waals surface area (Å²) in [4.78, 5) is 7.50. The summed E-state index contributed by atoms with van der Waals surface area (Å²) in [6, 6.07) is 4.72. The Bertz CT molecular complexity index is 939. The minimum Gasteiger partial charge on any atom is -0.361 e. The highest BCUT2D eigenvalue weighted by molar-refractivity contribution is 7.99. The van der Waals surface area contributed by atoms with Crippen LogP contribution in [0.15, 0.2) is 29.4 Å². The molecule has 10 heteroatoms. The number of halogens is 1. The van der Waals surface area contributed by atoms with Crippen LogP contribution >= 0.6 is 11.8 Å². The fourth-order valence-electron chi connectivity index (χ4n) is 3.25. The predicted molar refractivity (Wildman–Crippen MR) is 119 cm³/mol. The molecule has 1 aliphatic heterocycles. The van der Waals surface area contributed by atoms with E-state index in [1.165, 1.54) is 12.1 Å². The molecule has 3 N–H and O–H groups in total. The van der Waals surface area contributed by atoms with E-state index in [1.54, 1.807) is 22.1 Å². The summed E-state index contributed by atoms with van der Waals surface area (Å²) in [5.74, 6) is 2.06. The second-order valence-corrected chi connectivity index (χ2v) is 10.1. The quantitative estimate of drug-likeness (QED) is 0.429. The lowest BCUT2D eigenvalue weighted by Gasteiger charge is -2.25. The van der Waals surface area contributed by atoms with Crippen LogP contribution < -0.4 is 10.6 Å². The third kappa shape index (κ3) is 6.10. The van der Waals surface area contributed by atoms with Crippen molar-refractivity contribution in [3.8, 4) is 0 Å². The molecule has 0 spiro atoms. The molecule has 0 atom stereocenters. The van der Waals surface area contributed by atoms with Crippen LogP contribution in [0.25, 0.3) is 10.9 Å². The highest BCUT2D eigenvalue weighted by Gasteiger charge is 2.23. The molecule has 3 rings (SSSR count). The van der Waals surface area contributed by atoms with Crippen molar-refractivity contribution in [2.75, 3.05) is 50.0 Å². The van der Waals surface area contributed by atoms with Crippen molar-refractivity contribution >= 4 is 38.6 Å². The highest BCUT2D eigenvalue weighted by Crippen LogP contribution is 2.19. The molecule has 1 aliphatic rings. The Labute approximate surface area is 175 Å². The lowest BCUT2D eigenvalue weighted by Crippen LogP contribution is -2.41. The van der Waals surface area contributed by atoms with Gasteiger partial charge in [0.15, 0.2) is 5.96 Å². The van der Waals surface area contributed by atoms with Gasteiger partial charge in [0.05, 0.1) is 12.3 Å². The van der Waals surface area contributed by atoms with E-state index in [1.807, 2.05) is 13.1 Å². The number of benzene rings is 1. The molecule has 0 unspecified atom stereocenters.